The monoisotopic (exact) mass is 201 g/mol. The number of hydrogen-bond donors (Lipinski definition) is 1. The van der Waals surface area contributed by atoms with Gasteiger partial charge in [0.1, 0.15) is 5.52 Å². The maximum absolute atomic E-state index is 11.3. The second-order valence-corrected chi connectivity index (χ2v) is 3.55. The molecule has 0 spiro atoms. The van der Waals surface area contributed by atoms with Crippen molar-refractivity contribution in [1.82, 2.24) is 4.98 Å². The van der Waals surface area contributed by atoms with Gasteiger partial charge in [-0.15, -0.1) is 0 Å². The van der Waals surface area contributed by atoms with Crippen molar-refractivity contribution in [1.29, 1.82) is 0 Å². The Bertz CT molecular complexity index is 547. The third-order valence-electron chi connectivity index (χ3n) is 2.45. The zero-order chi connectivity index (χ0) is 11.0. The molecule has 15 heavy (non-hydrogen) atoms. The highest BCUT2D eigenvalue weighted by Crippen LogP contribution is 2.29. The molecule has 3 nitrogen and oxygen atoms in total. The molecule has 1 aromatic carbocycles. The van der Waals surface area contributed by atoms with Gasteiger partial charge in [0.05, 0.1) is 5.56 Å². The molecule has 0 fully saturated rings. The number of aromatic nitrogens is 1. The second-order valence-electron chi connectivity index (χ2n) is 3.55. The van der Waals surface area contributed by atoms with Crippen LogP contribution in [0.2, 0.25) is 0 Å². The lowest BCUT2D eigenvalue weighted by Crippen LogP contribution is -1.96. The Kier molecular flexibility index (Phi) is 2.15. The molecule has 76 valence electrons. The zero-order valence-corrected chi connectivity index (χ0v) is 8.61. The molecule has 0 aliphatic carbocycles. The summed E-state index contributed by atoms with van der Waals surface area (Å²) in [6, 6.07) is 5.38. The molecule has 0 aliphatic rings. The highest BCUT2D eigenvalue weighted by molar-refractivity contribution is 6.03. The first-order valence-electron chi connectivity index (χ1n) is 4.69. The van der Waals surface area contributed by atoms with Crippen LogP contribution in [0.3, 0.4) is 0 Å². The Hall–Kier alpha value is -1.90. The molecule has 3 heteroatoms. The first-order valence-corrected chi connectivity index (χ1v) is 4.69. The molecule has 0 atom stereocenters. The smallest absolute Gasteiger partial charge is 0.163 e. The average Bonchev–Trinajstić information content (AvgIpc) is 2.23. The topological polar surface area (TPSA) is 50.2 Å². The van der Waals surface area contributed by atoms with Crippen molar-refractivity contribution in [2.75, 3.05) is 0 Å². The number of nitrogens with zero attached hydrogens (tertiary/aromatic N) is 1. The number of aryl methyl sites for hydroxylation is 1. The van der Waals surface area contributed by atoms with Crippen LogP contribution in [0.25, 0.3) is 10.9 Å². The van der Waals surface area contributed by atoms with Gasteiger partial charge in [-0.05, 0) is 31.5 Å². The summed E-state index contributed by atoms with van der Waals surface area (Å²) in [6.45, 7) is 3.33. The van der Waals surface area contributed by atoms with Gasteiger partial charge >= 0.3 is 0 Å². The van der Waals surface area contributed by atoms with E-state index >= 15 is 0 Å². The molecule has 1 heterocycles. The minimum atomic E-state index is -0.150. The van der Waals surface area contributed by atoms with E-state index in [1.807, 2.05) is 19.1 Å². The number of carbonyl (C=O) groups excluding carboxylic acids is 1. The van der Waals surface area contributed by atoms with Crippen molar-refractivity contribution >= 4 is 16.7 Å². The summed E-state index contributed by atoms with van der Waals surface area (Å²) in [7, 11) is 0. The van der Waals surface area contributed by atoms with Gasteiger partial charge in [0.25, 0.3) is 0 Å². The minimum absolute atomic E-state index is 0.0244. The fourth-order valence-electron chi connectivity index (χ4n) is 1.67. The van der Waals surface area contributed by atoms with Crippen LogP contribution >= 0.6 is 0 Å². The molecule has 2 rings (SSSR count). The largest absolute Gasteiger partial charge is 0.505 e. The van der Waals surface area contributed by atoms with Crippen molar-refractivity contribution in [3.8, 4) is 5.75 Å². The summed E-state index contributed by atoms with van der Waals surface area (Å²) in [6.07, 6.45) is 1.60. The predicted octanol–water partition coefficient (Wildman–Crippen LogP) is 2.45. The van der Waals surface area contributed by atoms with Gasteiger partial charge in [0.15, 0.2) is 11.5 Å². The van der Waals surface area contributed by atoms with Crippen molar-refractivity contribution in [2.24, 2.45) is 0 Å². The maximum Gasteiger partial charge on any atom is 0.163 e. The summed E-state index contributed by atoms with van der Waals surface area (Å²) in [4.78, 5) is 15.4. The molecule has 0 unspecified atom stereocenters. The normalized spacial score (nSPS) is 10.5. The van der Waals surface area contributed by atoms with Gasteiger partial charge in [-0.25, -0.2) is 0 Å². The zero-order valence-electron chi connectivity index (χ0n) is 8.61. The van der Waals surface area contributed by atoms with Crippen LogP contribution in [0.5, 0.6) is 5.75 Å². The Balaban J connectivity index is 2.90. The number of ketones is 1. The first-order chi connectivity index (χ1) is 7.11. The Morgan fingerprint density at radius 3 is 2.87 bits per heavy atom. The van der Waals surface area contributed by atoms with Gasteiger partial charge in [-0.2, -0.15) is 0 Å². The molecule has 0 amide bonds. The number of hydrogen-bond acceptors (Lipinski definition) is 3. The Morgan fingerprint density at radius 2 is 2.20 bits per heavy atom. The first kappa shape index (κ1) is 9.65. The second kappa shape index (κ2) is 3.35. The molecule has 0 bridgehead atoms. The number of phenols is 1. The van der Waals surface area contributed by atoms with Crippen LogP contribution < -0.4 is 0 Å². The summed E-state index contributed by atoms with van der Waals surface area (Å²) >= 11 is 0. The van der Waals surface area contributed by atoms with Gasteiger partial charge < -0.3 is 5.11 Å². The number of aromatic hydroxyl groups is 1. The lowest BCUT2D eigenvalue weighted by molar-refractivity contribution is 0.101. The molecule has 2 aromatic rings. The van der Waals surface area contributed by atoms with E-state index in [4.69, 9.17) is 0 Å². The van der Waals surface area contributed by atoms with E-state index in [0.717, 1.165) is 10.9 Å². The van der Waals surface area contributed by atoms with E-state index in [9.17, 15) is 9.90 Å². The summed E-state index contributed by atoms with van der Waals surface area (Å²) in [5.41, 5.74) is 1.77. The molecule has 0 saturated heterocycles. The van der Waals surface area contributed by atoms with Crippen LogP contribution in [-0.4, -0.2) is 15.9 Å². The molecular formula is C12H11NO2. The van der Waals surface area contributed by atoms with Gasteiger partial charge in [-0.3, -0.25) is 9.78 Å². The standard InChI is InChI=1S/C12H11NO2/c1-7-6-10(8(2)14)12(15)11-9(7)4-3-5-13-11/h3-6,15H,1-2H3. The predicted molar refractivity (Wildman–Crippen MR) is 58.1 cm³/mol. The van der Waals surface area contributed by atoms with Crippen LogP contribution in [0.15, 0.2) is 24.4 Å². The molecule has 0 aliphatic heterocycles. The number of Topliss-reactive ketones (excluding diaryl/α,β-unsaturated/α-hetero) is 1. The number of phenolic OH excluding ortho intramolecular Hbond substituents is 1. The molecule has 0 saturated carbocycles. The van der Waals surface area contributed by atoms with Crippen LogP contribution in [0, 0.1) is 6.92 Å². The molecule has 1 N–H and O–H groups in total. The van der Waals surface area contributed by atoms with Gasteiger partial charge in [-0.1, -0.05) is 6.07 Å². The molecule has 0 radical (unpaired) electrons. The van der Waals surface area contributed by atoms with E-state index in [0.29, 0.717) is 11.1 Å². The summed E-state index contributed by atoms with van der Waals surface area (Å²) in [5.74, 6) is -0.174. The van der Waals surface area contributed by atoms with E-state index in [1.165, 1.54) is 6.92 Å². The molecular weight excluding hydrogens is 190 g/mol. The van der Waals surface area contributed by atoms with Gasteiger partial charge in [0, 0.05) is 11.6 Å². The van der Waals surface area contributed by atoms with E-state index in [2.05, 4.69) is 4.98 Å². The number of rotatable bonds is 1. The van der Waals surface area contributed by atoms with Crippen molar-refractivity contribution in [3.63, 3.8) is 0 Å². The van der Waals surface area contributed by atoms with E-state index in [-0.39, 0.29) is 11.5 Å². The van der Waals surface area contributed by atoms with Crippen molar-refractivity contribution < 1.29 is 9.90 Å². The third kappa shape index (κ3) is 1.46. The number of fused-ring (bicyclic) bond motifs is 1. The number of carbonyl (C=O) groups is 1. The fraction of sp³-hybridized carbons (Fsp3) is 0.167. The fourth-order valence-corrected chi connectivity index (χ4v) is 1.67. The Morgan fingerprint density at radius 1 is 1.47 bits per heavy atom. The van der Waals surface area contributed by atoms with E-state index < -0.39 is 0 Å². The highest BCUT2D eigenvalue weighted by atomic mass is 16.3. The Labute approximate surface area is 87.4 Å². The molecule has 1 aromatic heterocycles. The van der Waals surface area contributed by atoms with Gasteiger partial charge in [0.2, 0.25) is 0 Å². The summed E-state index contributed by atoms with van der Waals surface area (Å²) in [5, 5.41) is 10.7. The highest BCUT2D eigenvalue weighted by Gasteiger charge is 2.12. The lowest BCUT2D eigenvalue weighted by atomic mass is 10.0. The van der Waals surface area contributed by atoms with Crippen molar-refractivity contribution in [2.45, 2.75) is 13.8 Å². The SMILES string of the molecule is CC(=O)c1cc(C)c2cccnc2c1O. The average molecular weight is 201 g/mol. The quantitative estimate of drug-likeness (QED) is 0.721. The maximum atomic E-state index is 11.3. The summed E-state index contributed by atoms with van der Waals surface area (Å²) < 4.78 is 0. The number of benzene rings is 1. The van der Waals surface area contributed by atoms with Crippen LogP contribution in [0.4, 0.5) is 0 Å². The lowest BCUT2D eigenvalue weighted by Gasteiger charge is -2.07. The van der Waals surface area contributed by atoms with E-state index in [1.54, 1.807) is 12.3 Å². The van der Waals surface area contributed by atoms with Crippen LogP contribution in [-0.2, 0) is 0 Å². The number of pyridine rings is 1. The third-order valence-corrected chi connectivity index (χ3v) is 2.45. The van der Waals surface area contributed by atoms with Crippen molar-refractivity contribution in [3.05, 3.63) is 35.5 Å². The van der Waals surface area contributed by atoms with Crippen LogP contribution in [0.1, 0.15) is 22.8 Å². The minimum Gasteiger partial charge on any atom is -0.505 e.